The molecule has 0 saturated heterocycles. The van der Waals surface area contributed by atoms with Gasteiger partial charge in [0.1, 0.15) is 6.10 Å². The summed E-state index contributed by atoms with van der Waals surface area (Å²) in [6.07, 6.45) is 2.05. The van der Waals surface area contributed by atoms with E-state index in [0.717, 1.165) is 12.8 Å². The maximum atomic E-state index is 12.5. The molecular formula is C14H19F3NO5S-. The van der Waals surface area contributed by atoms with Crippen molar-refractivity contribution in [3.8, 4) is 0 Å². The lowest BCUT2D eigenvalue weighted by atomic mass is 9.87. The number of esters is 1. The Morgan fingerprint density at radius 3 is 2.46 bits per heavy atom. The smallest absolute Gasteiger partial charge is 0.510 e. The van der Waals surface area contributed by atoms with Crippen molar-refractivity contribution in [2.45, 2.75) is 44.2 Å². The topological polar surface area (TPSA) is 86.7 Å². The first-order valence-electron chi connectivity index (χ1n) is 7.57. The fraction of sp³-hybridized carbons (Fsp3) is 0.786. The molecule has 2 aliphatic rings. The second-order valence-corrected chi connectivity index (χ2v) is 8.26. The second-order valence-electron chi connectivity index (χ2n) is 6.44. The number of carbonyl (C=O) groups is 1. The molecule has 4 atom stereocenters. The third-order valence-corrected chi connectivity index (χ3v) is 6.03. The highest BCUT2D eigenvalue weighted by atomic mass is 32.2. The molecule has 2 saturated carbocycles. The Labute approximate surface area is 138 Å². The zero-order valence-electron chi connectivity index (χ0n) is 13.1. The summed E-state index contributed by atoms with van der Waals surface area (Å²) in [5.74, 6) is -1.63. The molecule has 0 aromatic heterocycles. The van der Waals surface area contributed by atoms with Gasteiger partial charge in [-0.3, -0.25) is 4.47 Å². The van der Waals surface area contributed by atoms with Gasteiger partial charge in [0.15, 0.2) is 0 Å². The molecule has 6 nitrogen and oxygen atoms in total. The summed E-state index contributed by atoms with van der Waals surface area (Å²) in [6, 6.07) is 0. The van der Waals surface area contributed by atoms with E-state index >= 15 is 0 Å². The Morgan fingerprint density at radius 2 is 1.92 bits per heavy atom. The normalized spacial score (nSPS) is 30.4. The van der Waals surface area contributed by atoms with Gasteiger partial charge in [-0.05, 0) is 38.0 Å². The lowest BCUT2D eigenvalue weighted by Crippen LogP contribution is -2.43. The second kappa shape index (κ2) is 6.64. The molecule has 2 rings (SSSR count). The quantitative estimate of drug-likeness (QED) is 0.422. The molecule has 2 aliphatic carbocycles. The van der Waals surface area contributed by atoms with Crippen LogP contribution in [0, 0.1) is 23.0 Å². The predicted molar refractivity (Wildman–Crippen MR) is 78.7 cm³/mol. The number of carbonyl (C=O) groups excluding carboxylic acids is 1. The van der Waals surface area contributed by atoms with E-state index in [0.29, 0.717) is 12.8 Å². The minimum Gasteiger partial charge on any atom is -0.772 e. The van der Waals surface area contributed by atoms with E-state index < -0.39 is 44.5 Å². The van der Waals surface area contributed by atoms with Crippen LogP contribution in [-0.2, 0) is 19.6 Å². The minimum absolute atomic E-state index is 0.0703. The van der Waals surface area contributed by atoms with Crippen LogP contribution in [-0.4, -0.2) is 37.0 Å². The van der Waals surface area contributed by atoms with Crippen LogP contribution in [0.15, 0.2) is 12.2 Å². The van der Waals surface area contributed by atoms with Crippen LogP contribution < -0.4 is 0 Å². The fourth-order valence-electron chi connectivity index (χ4n) is 3.62. The van der Waals surface area contributed by atoms with E-state index in [4.69, 9.17) is 4.74 Å². The number of halogens is 3. The predicted octanol–water partition coefficient (Wildman–Crippen LogP) is 2.56. The van der Waals surface area contributed by atoms with E-state index in [9.17, 15) is 31.6 Å². The fourth-order valence-corrected chi connectivity index (χ4v) is 4.22. The molecule has 0 amide bonds. The van der Waals surface area contributed by atoms with Crippen LogP contribution in [0.3, 0.4) is 0 Å². The average molecular weight is 370 g/mol. The first-order valence-corrected chi connectivity index (χ1v) is 9.01. The van der Waals surface area contributed by atoms with Gasteiger partial charge in [0.25, 0.3) is 0 Å². The average Bonchev–Trinajstić information content (AvgIpc) is 2.69. The van der Waals surface area contributed by atoms with E-state index in [1.807, 2.05) is 0 Å². The molecule has 24 heavy (non-hydrogen) atoms. The minimum atomic E-state index is -5.94. The van der Waals surface area contributed by atoms with Gasteiger partial charge >= 0.3 is 21.5 Å². The van der Waals surface area contributed by atoms with Crippen molar-refractivity contribution in [3.63, 3.8) is 0 Å². The monoisotopic (exact) mass is 370 g/mol. The number of rotatable bonds is 5. The van der Waals surface area contributed by atoms with Gasteiger partial charge in [-0.1, -0.05) is 13.0 Å². The van der Waals surface area contributed by atoms with Gasteiger partial charge in [-0.15, -0.1) is 0 Å². The summed E-state index contributed by atoms with van der Waals surface area (Å²) in [5.41, 5.74) is -5.51. The Morgan fingerprint density at radius 1 is 1.33 bits per heavy atom. The number of sulfonamides is 1. The number of hydrogen-bond acceptors (Lipinski definition) is 5. The third-order valence-electron chi connectivity index (χ3n) is 4.76. The van der Waals surface area contributed by atoms with E-state index in [-0.39, 0.29) is 17.4 Å². The molecule has 2 fully saturated rings. The van der Waals surface area contributed by atoms with E-state index in [2.05, 4.69) is 6.58 Å². The van der Waals surface area contributed by atoms with Crippen molar-refractivity contribution in [1.82, 2.24) is 4.47 Å². The Balaban J connectivity index is 2.19. The maximum absolute atomic E-state index is 12.5. The molecular weight excluding hydrogens is 351 g/mol. The van der Waals surface area contributed by atoms with Crippen LogP contribution >= 0.6 is 0 Å². The van der Waals surface area contributed by atoms with Crippen LogP contribution in [0.5, 0.6) is 0 Å². The number of hydroxylamine groups is 1. The summed E-state index contributed by atoms with van der Waals surface area (Å²) >= 11 is 0. The summed E-state index contributed by atoms with van der Waals surface area (Å²) in [5, 5.41) is 11.7. The highest BCUT2D eigenvalue weighted by Crippen LogP contribution is 2.48. The Kier molecular flexibility index (Phi) is 5.31. The summed E-state index contributed by atoms with van der Waals surface area (Å²) < 4.78 is 64.4. The van der Waals surface area contributed by atoms with Gasteiger partial charge < -0.3 is 9.94 Å². The van der Waals surface area contributed by atoms with Crippen LogP contribution in [0.1, 0.15) is 32.6 Å². The zero-order chi connectivity index (χ0) is 18.3. The van der Waals surface area contributed by atoms with Gasteiger partial charge in [-0.25, -0.2) is 13.2 Å². The Bertz CT molecular complexity index is 618. The van der Waals surface area contributed by atoms with Crippen molar-refractivity contribution < 1.29 is 31.1 Å². The molecule has 10 heteroatoms. The van der Waals surface area contributed by atoms with Gasteiger partial charge in [0, 0.05) is 18.0 Å². The molecule has 0 aromatic carbocycles. The van der Waals surface area contributed by atoms with E-state index in [1.54, 1.807) is 0 Å². The first kappa shape index (κ1) is 19.2. The van der Waals surface area contributed by atoms with Crippen LogP contribution in [0.25, 0.3) is 0 Å². The van der Waals surface area contributed by atoms with Crippen molar-refractivity contribution in [2.75, 3.05) is 6.54 Å². The van der Waals surface area contributed by atoms with Gasteiger partial charge in [-0.2, -0.15) is 13.2 Å². The molecule has 0 heterocycles. The first-order chi connectivity index (χ1) is 10.9. The number of nitrogens with zero attached hydrogens (tertiary/aromatic N) is 1. The summed E-state index contributed by atoms with van der Waals surface area (Å²) in [7, 11) is -5.94. The molecule has 138 valence electrons. The van der Waals surface area contributed by atoms with Gasteiger partial charge in [0.05, 0.1) is 0 Å². The molecule has 0 aromatic rings. The van der Waals surface area contributed by atoms with Crippen molar-refractivity contribution in [3.05, 3.63) is 17.4 Å². The lowest BCUT2D eigenvalue weighted by Gasteiger charge is -2.34. The molecule has 0 N–H and O–H groups in total. The highest BCUT2D eigenvalue weighted by Gasteiger charge is 2.51. The highest BCUT2D eigenvalue weighted by molar-refractivity contribution is 7.90. The van der Waals surface area contributed by atoms with Crippen molar-refractivity contribution in [1.29, 1.82) is 0 Å². The molecule has 0 radical (unpaired) electrons. The molecule has 0 spiro atoms. The molecule has 2 bridgehead atoms. The lowest BCUT2D eigenvalue weighted by molar-refractivity contribution is -0.148. The van der Waals surface area contributed by atoms with Crippen LogP contribution in [0.4, 0.5) is 13.2 Å². The molecule has 4 unspecified atom stereocenters. The van der Waals surface area contributed by atoms with Crippen molar-refractivity contribution in [2.24, 2.45) is 17.8 Å². The van der Waals surface area contributed by atoms with E-state index in [1.165, 1.54) is 6.92 Å². The summed E-state index contributed by atoms with van der Waals surface area (Å²) in [6.45, 7) is 4.02. The third kappa shape index (κ3) is 3.60. The standard InChI is InChI=1S/C14H19F3NO5S/c1-8(2)13(19)23-12-10-5-3-4-9(6-10)11(12)7-18(20)24(21,22)14(15,16)17/h9-12H,1,3-7H2,2H3/q-1. The SMILES string of the molecule is C=C(C)C(=O)OC1C2CCCC(C2)C1CN([O-])S(=O)(=O)C(F)(F)F. The van der Waals surface area contributed by atoms with Crippen molar-refractivity contribution >= 4 is 16.0 Å². The Hall–Kier alpha value is -1.13. The number of hydrogen-bond donors (Lipinski definition) is 0. The molecule has 0 aliphatic heterocycles. The summed E-state index contributed by atoms with van der Waals surface area (Å²) in [4.78, 5) is 11.8. The zero-order valence-corrected chi connectivity index (χ0v) is 13.9. The number of alkyl halides is 3. The number of fused-ring (bicyclic) bond motifs is 2. The largest absolute Gasteiger partial charge is 0.772 e. The maximum Gasteiger partial charge on any atom is 0.510 e. The number of ether oxygens (including phenoxy) is 1. The van der Waals surface area contributed by atoms with Crippen LogP contribution in [0.2, 0.25) is 0 Å². The van der Waals surface area contributed by atoms with Gasteiger partial charge in [0.2, 0.25) is 0 Å².